The van der Waals surface area contributed by atoms with Gasteiger partial charge < -0.3 is 10.6 Å². The Labute approximate surface area is 90.1 Å². The summed E-state index contributed by atoms with van der Waals surface area (Å²) in [5.41, 5.74) is 0. The largest absolute Gasteiger partial charge is 0.355 e. The standard InChI is InChI=1S/C8H10N4O2S/c1-4-11-12-8(15-4)10-7(14)5-2-6(13)9-3-5/h5H,2-3H2,1H3,(H,9,13)(H,10,12,14). The Hall–Kier alpha value is -1.50. The minimum absolute atomic E-state index is 0.0800. The minimum atomic E-state index is -0.290. The lowest BCUT2D eigenvalue weighted by molar-refractivity contribution is -0.123. The van der Waals surface area contributed by atoms with Crippen LogP contribution < -0.4 is 10.6 Å². The summed E-state index contributed by atoms with van der Waals surface area (Å²) in [7, 11) is 0. The van der Waals surface area contributed by atoms with Crippen LogP contribution in [0.15, 0.2) is 0 Å². The molecule has 6 nitrogen and oxygen atoms in total. The van der Waals surface area contributed by atoms with Gasteiger partial charge in [0.1, 0.15) is 5.01 Å². The van der Waals surface area contributed by atoms with Crippen molar-refractivity contribution < 1.29 is 9.59 Å². The zero-order valence-corrected chi connectivity index (χ0v) is 8.93. The zero-order valence-electron chi connectivity index (χ0n) is 8.11. The fourth-order valence-electron chi connectivity index (χ4n) is 1.35. The number of carbonyl (C=O) groups is 2. The van der Waals surface area contributed by atoms with Gasteiger partial charge in [0.25, 0.3) is 0 Å². The van der Waals surface area contributed by atoms with E-state index >= 15 is 0 Å². The first-order chi connectivity index (χ1) is 7.15. The summed E-state index contributed by atoms with van der Waals surface area (Å²) in [6, 6.07) is 0. The van der Waals surface area contributed by atoms with E-state index in [0.29, 0.717) is 11.7 Å². The Morgan fingerprint density at radius 1 is 1.60 bits per heavy atom. The predicted molar refractivity (Wildman–Crippen MR) is 54.4 cm³/mol. The molecule has 0 radical (unpaired) electrons. The van der Waals surface area contributed by atoms with Crippen LogP contribution in [0.5, 0.6) is 0 Å². The van der Waals surface area contributed by atoms with Gasteiger partial charge in [-0.1, -0.05) is 11.3 Å². The maximum Gasteiger partial charge on any atom is 0.231 e. The van der Waals surface area contributed by atoms with Crippen molar-refractivity contribution in [2.75, 3.05) is 11.9 Å². The highest BCUT2D eigenvalue weighted by molar-refractivity contribution is 7.15. The summed E-state index contributed by atoms with van der Waals surface area (Å²) in [4.78, 5) is 22.5. The summed E-state index contributed by atoms with van der Waals surface area (Å²) in [6.45, 7) is 2.22. The quantitative estimate of drug-likeness (QED) is 0.738. The Balaban J connectivity index is 1.95. The molecule has 2 rings (SSSR count). The zero-order chi connectivity index (χ0) is 10.8. The molecule has 0 spiro atoms. The smallest absolute Gasteiger partial charge is 0.231 e. The molecule has 1 aromatic rings. The van der Waals surface area contributed by atoms with Gasteiger partial charge in [-0.3, -0.25) is 9.59 Å². The van der Waals surface area contributed by atoms with Gasteiger partial charge in [-0.15, -0.1) is 10.2 Å². The normalized spacial score (nSPS) is 20.1. The lowest BCUT2D eigenvalue weighted by Crippen LogP contribution is -2.24. The van der Waals surface area contributed by atoms with E-state index in [2.05, 4.69) is 20.8 Å². The van der Waals surface area contributed by atoms with Crippen LogP contribution in [0.4, 0.5) is 5.13 Å². The molecule has 0 aliphatic carbocycles. The second-order valence-electron chi connectivity index (χ2n) is 3.32. The predicted octanol–water partition coefficient (Wildman–Crippen LogP) is -0.0789. The molecule has 1 aromatic heterocycles. The lowest BCUT2D eigenvalue weighted by Gasteiger charge is -2.04. The van der Waals surface area contributed by atoms with E-state index in [4.69, 9.17) is 0 Å². The van der Waals surface area contributed by atoms with E-state index in [1.165, 1.54) is 11.3 Å². The number of rotatable bonds is 2. The van der Waals surface area contributed by atoms with E-state index < -0.39 is 0 Å². The first kappa shape index (κ1) is 10.0. The molecule has 1 fully saturated rings. The van der Waals surface area contributed by atoms with Gasteiger partial charge in [0.2, 0.25) is 16.9 Å². The highest BCUT2D eigenvalue weighted by Crippen LogP contribution is 2.16. The van der Waals surface area contributed by atoms with Crippen LogP contribution in [0.2, 0.25) is 0 Å². The Morgan fingerprint density at radius 3 is 2.93 bits per heavy atom. The molecule has 1 saturated heterocycles. The molecule has 2 heterocycles. The number of aromatic nitrogens is 2. The van der Waals surface area contributed by atoms with Crippen LogP contribution >= 0.6 is 11.3 Å². The fraction of sp³-hybridized carbons (Fsp3) is 0.500. The highest BCUT2D eigenvalue weighted by Gasteiger charge is 2.28. The molecule has 1 atom stereocenters. The number of aryl methyl sites for hydroxylation is 1. The average Bonchev–Trinajstić information content (AvgIpc) is 2.75. The second-order valence-corrected chi connectivity index (χ2v) is 4.50. The molecule has 1 aliphatic heterocycles. The van der Waals surface area contributed by atoms with Crippen molar-refractivity contribution in [1.82, 2.24) is 15.5 Å². The number of hydrogen-bond acceptors (Lipinski definition) is 5. The van der Waals surface area contributed by atoms with Gasteiger partial charge in [0.05, 0.1) is 5.92 Å². The van der Waals surface area contributed by atoms with Crippen LogP contribution in [0.3, 0.4) is 0 Å². The molecule has 2 N–H and O–H groups in total. The number of nitrogens with zero attached hydrogens (tertiary/aromatic N) is 2. The average molecular weight is 226 g/mol. The van der Waals surface area contributed by atoms with Crippen molar-refractivity contribution >= 4 is 28.3 Å². The van der Waals surface area contributed by atoms with Crippen molar-refractivity contribution in [3.05, 3.63) is 5.01 Å². The fourth-order valence-corrected chi connectivity index (χ4v) is 1.94. The van der Waals surface area contributed by atoms with Crippen molar-refractivity contribution in [1.29, 1.82) is 0 Å². The number of hydrogen-bond donors (Lipinski definition) is 2. The van der Waals surface area contributed by atoms with Gasteiger partial charge in [0, 0.05) is 13.0 Å². The molecule has 1 unspecified atom stereocenters. The molecular formula is C8H10N4O2S. The third-order valence-corrected chi connectivity index (χ3v) is 2.86. The van der Waals surface area contributed by atoms with Gasteiger partial charge in [-0.05, 0) is 6.92 Å². The second kappa shape index (κ2) is 3.93. The van der Waals surface area contributed by atoms with E-state index in [1.54, 1.807) is 0 Å². The van der Waals surface area contributed by atoms with Crippen LogP contribution in [0.25, 0.3) is 0 Å². The maximum absolute atomic E-state index is 11.6. The van der Waals surface area contributed by atoms with E-state index in [9.17, 15) is 9.59 Å². The molecule has 0 saturated carbocycles. The minimum Gasteiger partial charge on any atom is -0.355 e. The topological polar surface area (TPSA) is 84.0 Å². The van der Waals surface area contributed by atoms with E-state index in [-0.39, 0.29) is 24.2 Å². The summed E-state index contributed by atoms with van der Waals surface area (Å²) in [5, 5.41) is 14.1. The molecule has 15 heavy (non-hydrogen) atoms. The Bertz CT molecular complexity index is 403. The molecule has 0 aromatic carbocycles. The molecular weight excluding hydrogens is 216 g/mol. The van der Waals surface area contributed by atoms with Crippen LogP contribution in [0, 0.1) is 12.8 Å². The summed E-state index contributed by atoms with van der Waals surface area (Å²) in [6.07, 6.45) is 0.254. The third-order valence-electron chi connectivity index (χ3n) is 2.10. The number of nitrogens with one attached hydrogen (secondary N) is 2. The molecule has 7 heteroatoms. The van der Waals surface area contributed by atoms with Gasteiger partial charge in [-0.25, -0.2) is 0 Å². The summed E-state index contributed by atoms with van der Waals surface area (Å²) >= 11 is 1.32. The highest BCUT2D eigenvalue weighted by atomic mass is 32.1. The van der Waals surface area contributed by atoms with Gasteiger partial charge >= 0.3 is 0 Å². The summed E-state index contributed by atoms with van der Waals surface area (Å²) < 4.78 is 0. The van der Waals surface area contributed by atoms with Gasteiger partial charge in [-0.2, -0.15) is 0 Å². The van der Waals surface area contributed by atoms with Crippen LogP contribution in [-0.2, 0) is 9.59 Å². The molecule has 2 amide bonds. The third kappa shape index (κ3) is 2.30. The number of amides is 2. The first-order valence-corrected chi connectivity index (χ1v) is 5.34. The molecule has 1 aliphatic rings. The molecule has 80 valence electrons. The Morgan fingerprint density at radius 2 is 2.40 bits per heavy atom. The van der Waals surface area contributed by atoms with Crippen molar-refractivity contribution in [2.45, 2.75) is 13.3 Å². The number of anilines is 1. The number of carbonyl (C=O) groups excluding carboxylic acids is 2. The van der Waals surface area contributed by atoms with Crippen molar-refractivity contribution in [2.24, 2.45) is 5.92 Å². The summed E-state index contributed by atoms with van der Waals surface area (Å²) in [5.74, 6) is -0.546. The first-order valence-electron chi connectivity index (χ1n) is 4.53. The monoisotopic (exact) mass is 226 g/mol. The van der Waals surface area contributed by atoms with Crippen LogP contribution in [-0.4, -0.2) is 28.6 Å². The lowest BCUT2D eigenvalue weighted by atomic mass is 10.1. The maximum atomic E-state index is 11.6. The van der Waals surface area contributed by atoms with Gasteiger partial charge in [0.15, 0.2) is 0 Å². The van der Waals surface area contributed by atoms with Crippen molar-refractivity contribution in [3.63, 3.8) is 0 Å². The molecule has 0 bridgehead atoms. The van der Waals surface area contributed by atoms with Crippen molar-refractivity contribution in [3.8, 4) is 0 Å². The SMILES string of the molecule is Cc1nnc(NC(=O)C2CNC(=O)C2)s1. The Kier molecular flexibility index (Phi) is 2.63. The van der Waals surface area contributed by atoms with Crippen LogP contribution in [0.1, 0.15) is 11.4 Å². The van der Waals surface area contributed by atoms with E-state index in [0.717, 1.165) is 5.01 Å². The van der Waals surface area contributed by atoms with E-state index in [1.807, 2.05) is 6.92 Å².